The number of rotatable bonds is 13. The maximum absolute atomic E-state index is 14.4. The lowest BCUT2D eigenvalue weighted by Crippen LogP contribution is -2.57. The van der Waals surface area contributed by atoms with Crippen LogP contribution in [0, 0.1) is 5.92 Å². The summed E-state index contributed by atoms with van der Waals surface area (Å²) in [6.45, 7) is 9.05. The average Bonchev–Trinajstić information content (AvgIpc) is 3.66. The summed E-state index contributed by atoms with van der Waals surface area (Å²) >= 11 is 0. The highest BCUT2D eigenvalue weighted by Crippen LogP contribution is 2.31. The molecule has 4 atom stereocenters. The predicted molar refractivity (Wildman–Crippen MR) is 189 cm³/mol. The summed E-state index contributed by atoms with van der Waals surface area (Å²) in [6.07, 6.45) is 2.32. The summed E-state index contributed by atoms with van der Waals surface area (Å²) in [4.78, 5) is 56.3. The highest BCUT2D eigenvalue weighted by Gasteiger charge is 2.45. The first-order valence-electron chi connectivity index (χ1n) is 17.3. The molecule has 1 saturated carbocycles. The maximum atomic E-state index is 14.4. The van der Waals surface area contributed by atoms with Gasteiger partial charge in [0.15, 0.2) is 0 Å². The highest BCUT2D eigenvalue weighted by atomic mass is 32.2. The molecule has 2 aromatic carbocycles. The number of amides is 4. The molecule has 0 bridgehead atoms. The van der Waals surface area contributed by atoms with E-state index in [-0.39, 0.29) is 31.7 Å². The quantitative estimate of drug-likeness (QED) is 0.238. The fraction of sp³-hybridized carbons (Fsp3) is 0.500. The Hall–Kier alpha value is -4.79. The molecule has 1 aliphatic heterocycles. The lowest BCUT2D eigenvalue weighted by Gasteiger charge is -2.31. The van der Waals surface area contributed by atoms with Gasteiger partial charge in [0.2, 0.25) is 21.8 Å². The van der Waals surface area contributed by atoms with E-state index in [2.05, 4.69) is 25.7 Å². The largest absolute Gasteiger partial charge is 0.444 e. The van der Waals surface area contributed by atoms with Crippen LogP contribution in [0.25, 0.3) is 11.3 Å². The van der Waals surface area contributed by atoms with Crippen LogP contribution in [0.2, 0.25) is 0 Å². The second-order valence-corrected chi connectivity index (χ2v) is 16.6. The van der Waals surface area contributed by atoms with Gasteiger partial charge in [-0.25, -0.2) is 17.9 Å². The number of nitrogens with zero attached hydrogens (tertiary/aromatic N) is 4. The maximum Gasteiger partial charge on any atom is 0.408 e. The number of benzene rings is 2. The van der Waals surface area contributed by atoms with Gasteiger partial charge in [0.1, 0.15) is 29.4 Å². The molecule has 2 aliphatic rings. The molecule has 0 radical (unpaired) electrons. The van der Waals surface area contributed by atoms with Crippen molar-refractivity contribution in [1.82, 2.24) is 35.2 Å². The molecule has 1 saturated heterocycles. The van der Waals surface area contributed by atoms with Crippen molar-refractivity contribution in [3.05, 3.63) is 72.4 Å². The van der Waals surface area contributed by atoms with Crippen molar-refractivity contribution in [2.45, 2.75) is 102 Å². The third-order valence-corrected chi connectivity index (χ3v) is 10.5. The van der Waals surface area contributed by atoms with E-state index in [1.54, 1.807) is 55.9 Å². The Balaban J connectivity index is 1.44. The predicted octanol–water partition coefficient (Wildman–Crippen LogP) is 3.36. The number of carbonyl (C=O) groups is 4. The summed E-state index contributed by atoms with van der Waals surface area (Å²) in [5.41, 5.74) is 1.36. The molecular weight excluding hydrogens is 675 g/mol. The van der Waals surface area contributed by atoms with Gasteiger partial charge < -0.3 is 20.3 Å². The highest BCUT2D eigenvalue weighted by molar-refractivity contribution is 7.90. The molecule has 15 heteroatoms. The minimum atomic E-state index is -3.90. The number of alkyl carbamates (subject to hydrolysis) is 1. The van der Waals surface area contributed by atoms with E-state index in [9.17, 15) is 27.6 Å². The SMILES string of the molecule is CC(C)C[C@H](NC(=O)OC(C)(C)C)C(=O)N1C[C@@H](n2cc(-c3ccccc3)nn2)C[C@H]1C(=O)N[C@H](Cc1ccccc1)C(=O)NS(=O)(=O)C1CC1. The molecule has 4 amide bonds. The smallest absolute Gasteiger partial charge is 0.408 e. The van der Waals surface area contributed by atoms with Crippen LogP contribution in [0.5, 0.6) is 0 Å². The molecule has 3 aromatic rings. The van der Waals surface area contributed by atoms with E-state index in [4.69, 9.17) is 4.74 Å². The van der Waals surface area contributed by atoms with Gasteiger partial charge in [0.05, 0.1) is 17.5 Å². The zero-order chi connectivity index (χ0) is 36.9. The number of hydrogen-bond acceptors (Lipinski definition) is 9. The zero-order valence-corrected chi connectivity index (χ0v) is 30.4. The molecule has 2 heterocycles. The van der Waals surface area contributed by atoms with E-state index in [0.29, 0.717) is 24.1 Å². The van der Waals surface area contributed by atoms with Gasteiger partial charge in [0, 0.05) is 24.9 Å². The summed E-state index contributed by atoms with van der Waals surface area (Å²) in [5.74, 6) is -2.01. The number of ether oxygens (including phenoxy) is 1. The Morgan fingerprint density at radius 1 is 0.941 bits per heavy atom. The van der Waals surface area contributed by atoms with Crippen LogP contribution in [0.15, 0.2) is 66.9 Å². The Labute approximate surface area is 298 Å². The van der Waals surface area contributed by atoms with Crippen LogP contribution in [-0.4, -0.2) is 87.6 Å². The summed E-state index contributed by atoms with van der Waals surface area (Å²) in [5, 5.41) is 13.5. The van der Waals surface area contributed by atoms with E-state index < -0.39 is 68.9 Å². The number of hydrogen-bond donors (Lipinski definition) is 3. The number of nitrogens with one attached hydrogen (secondary N) is 3. The number of aromatic nitrogens is 3. The van der Waals surface area contributed by atoms with Gasteiger partial charge in [-0.1, -0.05) is 79.7 Å². The van der Waals surface area contributed by atoms with Crippen molar-refractivity contribution in [3.8, 4) is 11.3 Å². The lowest BCUT2D eigenvalue weighted by atomic mass is 10.0. The second kappa shape index (κ2) is 15.6. The minimum Gasteiger partial charge on any atom is -0.444 e. The Bertz CT molecular complexity index is 1810. The third-order valence-electron chi connectivity index (χ3n) is 8.64. The Morgan fingerprint density at radius 2 is 1.59 bits per heavy atom. The molecular formula is C36H47N7O7S. The van der Waals surface area contributed by atoms with Gasteiger partial charge in [-0.3, -0.25) is 19.1 Å². The van der Waals surface area contributed by atoms with E-state index >= 15 is 0 Å². The van der Waals surface area contributed by atoms with E-state index in [1.807, 2.05) is 50.2 Å². The zero-order valence-electron chi connectivity index (χ0n) is 29.6. The van der Waals surface area contributed by atoms with Gasteiger partial charge in [-0.2, -0.15) is 0 Å². The van der Waals surface area contributed by atoms with Crippen LogP contribution < -0.4 is 15.4 Å². The summed E-state index contributed by atoms with van der Waals surface area (Å²) < 4.78 is 34.7. The van der Waals surface area contributed by atoms with Crippen LogP contribution in [0.4, 0.5) is 4.79 Å². The van der Waals surface area contributed by atoms with Gasteiger partial charge in [0.25, 0.3) is 5.91 Å². The molecule has 0 unspecified atom stereocenters. The van der Waals surface area contributed by atoms with Crippen LogP contribution in [0.3, 0.4) is 0 Å². The van der Waals surface area contributed by atoms with Crippen molar-refractivity contribution in [2.75, 3.05) is 6.54 Å². The molecule has 14 nitrogen and oxygen atoms in total. The molecule has 3 N–H and O–H groups in total. The third kappa shape index (κ3) is 10.1. The normalized spacial score (nSPS) is 18.9. The van der Waals surface area contributed by atoms with E-state index in [1.165, 1.54) is 4.90 Å². The molecule has 2 fully saturated rings. The Morgan fingerprint density at radius 3 is 2.20 bits per heavy atom. The fourth-order valence-electron chi connectivity index (χ4n) is 6.04. The molecule has 51 heavy (non-hydrogen) atoms. The van der Waals surface area contributed by atoms with Crippen molar-refractivity contribution >= 4 is 33.8 Å². The van der Waals surface area contributed by atoms with Gasteiger partial charge in [-0.15, -0.1) is 5.10 Å². The molecule has 0 spiro atoms. The van der Waals surface area contributed by atoms with Gasteiger partial charge >= 0.3 is 6.09 Å². The van der Waals surface area contributed by atoms with Crippen LogP contribution >= 0.6 is 0 Å². The van der Waals surface area contributed by atoms with Crippen molar-refractivity contribution in [3.63, 3.8) is 0 Å². The van der Waals surface area contributed by atoms with E-state index in [0.717, 1.165) is 5.56 Å². The number of likely N-dealkylation sites (tertiary alicyclic amines) is 1. The molecule has 274 valence electrons. The van der Waals surface area contributed by atoms with Crippen molar-refractivity contribution in [2.24, 2.45) is 5.92 Å². The molecule has 1 aliphatic carbocycles. The Kier molecular flexibility index (Phi) is 11.5. The summed E-state index contributed by atoms with van der Waals surface area (Å²) in [7, 11) is -3.90. The lowest BCUT2D eigenvalue weighted by molar-refractivity contribution is -0.141. The molecule has 1 aromatic heterocycles. The molecule has 5 rings (SSSR count). The first-order valence-corrected chi connectivity index (χ1v) is 18.8. The number of sulfonamides is 1. The first kappa shape index (κ1) is 37.5. The number of carbonyl (C=O) groups excluding carboxylic acids is 4. The summed E-state index contributed by atoms with van der Waals surface area (Å²) in [6, 6.07) is 14.5. The fourth-order valence-corrected chi connectivity index (χ4v) is 7.38. The second-order valence-electron chi connectivity index (χ2n) is 14.6. The monoisotopic (exact) mass is 721 g/mol. The topological polar surface area (TPSA) is 182 Å². The van der Waals surface area contributed by atoms with Crippen LogP contribution in [0.1, 0.15) is 71.9 Å². The minimum absolute atomic E-state index is 0.00401. The average molecular weight is 722 g/mol. The standard InChI is InChI=1S/C36H47N7O7S/c1-23(2)18-29(38-35(47)50-36(3,4)5)34(46)42-21-26(43-22-30(39-41-43)25-14-10-7-11-15-25)20-31(42)33(45)37-28(19-24-12-8-6-9-13-24)32(44)40-51(48,49)27-16-17-27/h6-15,22-23,26-29,31H,16-21H2,1-5H3,(H,37,45)(H,38,47)(H,40,44)/t26-,28+,29-,31-/m0/s1. The first-order chi connectivity index (χ1) is 24.1. The van der Waals surface area contributed by atoms with Crippen molar-refractivity contribution < 1.29 is 32.3 Å². The van der Waals surface area contributed by atoms with Crippen molar-refractivity contribution in [1.29, 1.82) is 0 Å². The van der Waals surface area contributed by atoms with Gasteiger partial charge in [-0.05, 0) is 51.5 Å². The van der Waals surface area contributed by atoms with Crippen LogP contribution in [-0.2, 0) is 35.6 Å².